The summed E-state index contributed by atoms with van der Waals surface area (Å²) in [5, 5.41) is 11.6. The summed E-state index contributed by atoms with van der Waals surface area (Å²) < 4.78 is 11.2. The second-order valence-corrected chi connectivity index (χ2v) is 8.49. The molecule has 172 valence electrons. The van der Waals surface area contributed by atoms with Gasteiger partial charge in [0.2, 0.25) is 0 Å². The van der Waals surface area contributed by atoms with Gasteiger partial charge >= 0.3 is 0 Å². The van der Waals surface area contributed by atoms with Crippen LogP contribution in [0.15, 0.2) is 54.6 Å². The monoisotopic (exact) mass is 446 g/mol. The number of morpholine rings is 1. The van der Waals surface area contributed by atoms with Crippen LogP contribution in [0.25, 0.3) is 11.3 Å². The van der Waals surface area contributed by atoms with E-state index in [0.29, 0.717) is 24.8 Å². The fourth-order valence-corrected chi connectivity index (χ4v) is 3.75. The van der Waals surface area contributed by atoms with Gasteiger partial charge in [0, 0.05) is 24.3 Å². The highest BCUT2D eigenvalue weighted by atomic mass is 16.5. The molecule has 1 fully saturated rings. The van der Waals surface area contributed by atoms with Crippen molar-refractivity contribution < 1.29 is 14.3 Å². The van der Waals surface area contributed by atoms with E-state index in [2.05, 4.69) is 46.4 Å². The van der Waals surface area contributed by atoms with Gasteiger partial charge in [-0.3, -0.25) is 4.79 Å². The highest BCUT2D eigenvalue weighted by molar-refractivity contribution is 5.92. The maximum atomic E-state index is 12.4. The first kappa shape index (κ1) is 22.7. The third-order valence-electron chi connectivity index (χ3n) is 5.60. The number of hydrogen-bond donors (Lipinski definition) is 1. The van der Waals surface area contributed by atoms with Gasteiger partial charge in [-0.2, -0.15) is 0 Å². The highest BCUT2D eigenvalue weighted by Crippen LogP contribution is 2.27. The van der Waals surface area contributed by atoms with Gasteiger partial charge in [0.25, 0.3) is 5.91 Å². The SMILES string of the molecule is Cc1ccc(C(C)C)c(OCC(=O)Nc2ccc(-c3ccc(N4CCOCC4)nn3)cc2)c1. The van der Waals surface area contributed by atoms with Gasteiger partial charge in [0.05, 0.1) is 18.9 Å². The molecular weight excluding hydrogens is 416 g/mol. The Morgan fingerprint density at radius 2 is 1.82 bits per heavy atom. The Morgan fingerprint density at radius 1 is 1.06 bits per heavy atom. The molecule has 0 saturated carbocycles. The number of hydrogen-bond acceptors (Lipinski definition) is 6. The summed E-state index contributed by atoms with van der Waals surface area (Å²) in [6.45, 7) is 9.28. The minimum Gasteiger partial charge on any atom is -0.483 e. The predicted molar refractivity (Wildman–Crippen MR) is 130 cm³/mol. The maximum absolute atomic E-state index is 12.4. The van der Waals surface area contributed by atoms with E-state index < -0.39 is 0 Å². The van der Waals surface area contributed by atoms with Crippen LogP contribution in [0.4, 0.5) is 11.5 Å². The molecule has 1 amide bonds. The molecule has 2 heterocycles. The second kappa shape index (κ2) is 10.4. The number of nitrogens with one attached hydrogen (secondary N) is 1. The van der Waals surface area contributed by atoms with E-state index in [1.54, 1.807) is 0 Å². The van der Waals surface area contributed by atoms with E-state index in [1.807, 2.05) is 49.4 Å². The van der Waals surface area contributed by atoms with Crippen LogP contribution in [-0.2, 0) is 9.53 Å². The quantitative estimate of drug-likeness (QED) is 0.579. The molecule has 0 atom stereocenters. The number of aryl methyl sites for hydroxylation is 1. The van der Waals surface area contributed by atoms with Crippen LogP contribution in [0.1, 0.15) is 30.9 Å². The molecule has 3 aromatic rings. The average molecular weight is 447 g/mol. The predicted octanol–water partition coefficient (Wildman–Crippen LogP) is 4.43. The second-order valence-electron chi connectivity index (χ2n) is 8.49. The molecule has 0 bridgehead atoms. The van der Waals surface area contributed by atoms with Crippen molar-refractivity contribution in [1.29, 1.82) is 0 Å². The Balaban J connectivity index is 1.34. The summed E-state index contributed by atoms with van der Waals surface area (Å²) in [6, 6.07) is 17.6. The summed E-state index contributed by atoms with van der Waals surface area (Å²) in [5.41, 5.74) is 4.63. The zero-order valence-corrected chi connectivity index (χ0v) is 19.4. The Hall–Kier alpha value is -3.45. The van der Waals surface area contributed by atoms with E-state index in [0.717, 1.165) is 47.0 Å². The van der Waals surface area contributed by atoms with Gasteiger partial charge in [-0.15, -0.1) is 10.2 Å². The van der Waals surface area contributed by atoms with Gasteiger partial charge < -0.3 is 19.7 Å². The van der Waals surface area contributed by atoms with E-state index in [4.69, 9.17) is 9.47 Å². The molecule has 1 aliphatic rings. The first-order chi connectivity index (χ1) is 16.0. The lowest BCUT2D eigenvalue weighted by Crippen LogP contribution is -2.36. The smallest absolute Gasteiger partial charge is 0.262 e. The van der Waals surface area contributed by atoms with Crippen LogP contribution < -0.4 is 15.0 Å². The van der Waals surface area contributed by atoms with Gasteiger partial charge in [0.15, 0.2) is 12.4 Å². The standard InChI is InChI=1S/C26H30N4O3/c1-18(2)22-9-4-19(3)16-24(22)33-17-26(31)27-21-7-5-20(6-8-21)23-10-11-25(29-28-23)30-12-14-32-15-13-30/h4-11,16,18H,12-15,17H2,1-3H3,(H,27,31). The Bertz CT molecular complexity index is 1080. The topological polar surface area (TPSA) is 76.6 Å². The molecule has 1 aliphatic heterocycles. The summed E-state index contributed by atoms with van der Waals surface area (Å²) in [5.74, 6) is 1.74. The Morgan fingerprint density at radius 3 is 2.48 bits per heavy atom. The highest BCUT2D eigenvalue weighted by Gasteiger charge is 2.13. The molecule has 7 heteroatoms. The Kier molecular flexibility index (Phi) is 7.19. The lowest BCUT2D eigenvalue weighted by atomic mass is 10.0. The molecule has 4 rings (SSSR count). The van der Waals surface area contributed by atoms with E-state index in [1.165, 1.54) is 0 Å². The summed E-state index contributed by atoms with van der Waals surface area (Å²) in [7, 11) is 0. The zero-order chi connectivity index (χ0) is 23.2. The molecule has 33 heavy (non-hydrogen) atoms. The minimum atomic E-state index is -0.200. The fraction of sp³-hybridized carbons (Fsp3) is 0.346. The van der Waals surface area contributed by atoms with Crippen LogP contribution in [-0.4, -0.2) is 49.0 Å². The molecule has 1 saturated heterocycles. The molecule has 1 aromatic heterocycles. The first-order valence-corrected chi connectivity index (χ1v) is 11.3. The Labute approximate surface area is 194 Å². The van der Waals surface area contributed by atoms with Crippen LogP contribution in [0.3, 0.4) is 0 Å². The van der Waals surface area contributed by atoms with Crippen LogP contribution >= 0.6 is 0 Å². The minimum absolute atomic E-state index is 0.0423. The third kappa shape index (κ3) is 5.87. The average Bonchev–Trinajstić information content (AvgIpc) is 2.84. The fourth-order valence-electron chi connectivity index (χ4n) is 3.75. The van der Waals surface area contributed by atoms with Crippen molar-refractivity contribution in [1.82, 2.24) is 10.2 Å². The van der Waals surface area contributed by atoms with E-state index in [9.17, 15) is 4.79 Å². The number of carbonyl (C=O) groups excluding carboxylic acids is 1. The van der Waals surface area contributed by atoms with Gasteiger partial charge in [0.1, 0.15) is 5.75 Å². The van der Waals surface area contributed by atoms with Crippen molar-refractivity contribution in [2.24, 2.45) is 0 Å². The van der Waals surface area contributed by atoms with Crippen LogP contribution in [0, 0.1) is 6.92 Å². The van der Waals surface area contributed by atoms with Crippen molar-refractivity contribution in [3.05, 3.63) is 65.7 Å². The molecule has 7 nitrogen and oxygen atoms in total. The van der Waals surface area contributed by atoms with Gasteiger partial charge in [-0.25, -0.2) is 0 Å². The molecule has 0 radical (unpaired) electrons. The number of amides is 1. The van der Waals surface area contributed by atoms with Crippen molar-refractivity contribution in [3.63, 3.8) is 0 Å². The van der Waals surface area contributed by atoms with Gasteiger partial charge in [-0.1, -0.05) is 38.1 Å². The van der Waals surface area contributed by atoms with Crippen LogP contribution in [0.5, 0.6) is 5.75 Å². The van der Waals surface area contributed by atoms with Crippen molar-refractivity contribution in [3.8, 4) is 17.0 Å². The number of ether oxygens (including phenoxy) is 2. The summed E-state index contributed by atoms with van der Waals surface area (Å²) in [6.07, 6.45) is 0. The number of benzene rings is 2. The number of anilines is 2. The summed E-state index contributed by atoms with van der Waals surface area (Å²) >= 11 is 0. The number of aromatic nitrogens is 2. The van der Waals surface area contributed by atoms with E-state index in [-0.39, 0.29) is 12.5 Å². The summed E-state index contributed by atoms with van der Waals surface area (Å²) in [4.78, 5) is 14.6. The van der Waals surface area contributed by atoms with Gasteiger partial charge in [-0.05, 0) is 54.3 Å². The molecule has 0 unspecified atom stereocenters. The third-order valence-corrected chi connectivity index (χ3v) is 5.60. The van der Waals surface area contributed by atoms with Crippen molar-refractivity contribution >= 4 is 17.4 Å². The molecule has 0 aliphatic carbocycles. The number of rotatable bonds is 7. The number of carbonyl (C=O) groups is 1. The van der Waals surface area contributed by atoms with E-state index >= 15 is 0 Å². The molecule has 0 spiro atoms. The van der Waals surface area contributed by atoms with Crippen LogP contribution in [0.2, 0.25) is 0 Å². The lowest BCUT2D eigenvalue weighted by molar-refractivity contribution is -0.118. The zero-order valence-electron chi connectivity index (χ0n) is 19.4. The normalized spacial score (nSPS) is 13.8. The molecule has 1 N–H and O–H groups in total. The lowest BCUT2D eigenvalue weighted by Gasteiger charge is -2.27. The molecule has 2 aromatic carbocycles. The first-order valence-electron chi connectivity index (χ1n) is 11.3. The number of nitrogens with zero attached hydrogens (tertiary/aromatic N) is 3. The van der Waals surface area contributed by atoms with Crippen molar-refractivity contribution in [2.45, 2.75) is 26.7 Å². The largest absolute Gasteiger partial charge is 0.483 e. The molecular formula is C26H30N4O3. The van der Waals surface area contributed by atoms with Crippen molar-refractivity contribution in [2.75, 3.05) is 43.1 Å². The maximum Gasteiger partial charge on any atom is 0.262 e.